The highest BCUT2D eigenvalue weighted by Crippen LogP contribution is 2.32. The van der Waals surface area contributed by atoms with Crippen molar-refractivity contribution in [1.29, 1.82) is 0 Å². The first-order chi connectivity index (χ1) is 14.3. The number of rotatable bonds is 7. The maximum Gasteiger partial charge on any atom is 0.306 e. The van der Waals surface area contributed by atoms with Crippen LogP contribution < -0.4 is 10.2 Å². The zero-order valence-corrected chi connectivity index (χ0v) is 17.0. The first-order valence-corrected chi connectivity index (χ1v) is 9.89. The molecule has 1 aliphatic rings. The molecule has 154 valence electrons. The Balaban J connectivity index is 1.66. The molecule has 1 aliphatic heterocycles. The molecule has 2 aromatic rings. The fourth-order valence-electron chi connectivity index (χ4n) is 2.46. The van der Waals surface area contributed by atoms with Gasteiger partial charge in [-0.3, -0.25) is 19.8 Å². The number of carbonyl (C=O) groups excluding carboxylic acids is 2. The average molecular weight is 444 g/mol. The maximum absolute atomic E-state index is 12.6. The van der Waals surface area contributed by atoms with Gasteiger partial charge in [0.25, 0.3) is 11.8 Å². The average Bonchev–Trinajstić information content (AvgIpc) is 2.96. The second-order valence-corrected chi connectivity index (χ2v) is 7.71. The Bertz CT molecular complexity index is 1040. The molecule has 0 spiro atoms. The Morgan fingerprint density at radius 1 is 1.17 bits per heavy atom. The number of hydrogen-bond donors (Lipinski definition) is 3. The number of para-hydroxylation sites is 1. The van der Waals surface area contributed by atoms with Crippen molar-refractivity contribution in [1.82, 2.24) is 10.4 Å². The second-order valence-electron chi connectivity index (χ2n) is 6.04. The molecule has 1 saturated heterocycles. The molecule has 0 atom stereocenters. The van der Waals surface area contributed by atoms with Crippen LogP contribution >= 0.6 is 24.0 Å². The molecule has 0 aromatic heterocycles. The summed E-state index contributed by atoms with van der Waals surface area (Å²) in [7, 11) is 0. The topological polar surface area (TPSA) is 116 Å². The zero-order chi connectivity index (χ0) is 21.7. The van der Waals surface area contributed by atoms with E-state index in [0.717, 1.165) is 16.8 Å². The van der Waals surface area contributed by atoms with Crippen LogP contribution in [0.4, 0.5) is 0 Å². The number of aromatic hydroxyl groups is 1. The lowest BCUT2D eigenvalue weighted by molar-refractivity contribution is -0.137. The van der Waals surface area contributed by atoms with E-state index in [9.17, 15) is 19.5 Å². The minimum atomic E-state index is -0.941. The number of amides is 2. The van der Waals surface area contributed by atoms with Gasteiger partial charge in [0.2, 0.25) is 0 Å². The van der Waals surface area contributed by atoms with Crippen LogP contribution in [0.1, 0.15) is 22.3 Å². The SMILES string of the molecule is O=C(O)CCOc1ccc(/C=C2\SC(=S)N(NC(=O)c3ccccc3O)C2=O)cc1. The van der Waals surface area contributed by atoms with Gasteiger partial charge in [-0.15, -0.1) is 0 Å². The van der Waals surface area contributed by atoms with Gasteiger partial charge in [-0.2, -0.15) is 5.01 Å². The summed E-state index contributed by atoms with van der Waals surface area (Å²) in [5.74, 6) is -1.79. The third kappa shape index (κ3) is 5.16. The van der Waals surface area contributed by atoms with Crippen LogP contribution in [0.2, 0.25) is 0 Å². The molecule has 2 amide bonds. The van der Waals surface area contributed by atoms with Crippen molar-refractivity contribution >= 4 is 52.2 Å². The summed E-state index contributed by atoms with van der Waals surface area (Å²) in [4.78, 5) is 35.8. The van der Waals surface area contributed by atoms with Gasteiger partial charge in [0.05, 0.1) is 23.5 Å². The van der Waals surface area contributed by atoms with Crippen LogP contribution in [0.15, 0.2) is 53.4 Å². The van der Waals surface area contributed by atoms with E-state index in [1.807, 2.05) is 0 Å². The number of hydrazine groups is 1. The third-order valence-electron chi connectivity index (χ3n) is 3.92. The summed E-state index contributed by atoms with van der Waals surface area (Å²) >= 11 is 6.22. The number of carboxylic acid groups (broad SMARTS) is 1. The summed E-state index contributed by atoms with van der Waals surface area (Å²) in [6.45, 7) is 0.0595. The first kappa shape index (κ1) is 21.3. The molecule has 10 heteroatoms. The summed E-state index contributed by atoms with van der Waals surface area (Å²) < 4.78 is 5.48. The van der Waals surface area contributed by atoms with Crippen molar-refractivity contribution in [3.8, 4) is 11.5 Å². The smallest absolute Gasteiger partial charge is 0.306 e. The number of ether oxygens (including phenoxy) is 1. The number of hydrogen-bond acceptors (Lipinski definition) is 7. The van der Waals surface area contributed by atoms with Gasteiger partial charge in [0.15, 0.2) is 4.32 Å². The highest BCUT2D eigenvalue weighted by Gasteiger charge is 2.34. The molecular formula is C20H16N2O6S2. The van der Waals surface area contributed by atoms with E-state index in [2.05, 4.69) is 5.43 Å². The van der Waals surface area contributed by atoms with Crippen LogP contribution in [0.3, 0.4) is 0 Å². The maximum atomic E-state index is 12.6. The van der Waals surface area contributed by atoms with Crippen LogP contribution in [0, 0.1) is 0 Å². The van der Waals surface area contributed by atoms with E-state index in [1.165, 1.54) is 12.1 Å². The van der Waals surface area contributed by atoms with Gasteiger partial charge in [-0.25, -0.2) is 0 Å². The molecule has 0 bridgehead atoms. The summed E-state index contributed by atoms with van der Waals surface area (Å²) in [5.41, 5.74) is 3.13. The number of thioether (sulfide) groups is 1. The number of nitrogens with one attached hydrogen (secondary N) is 1. The van der Waals surface area contributed by atoms with Crippen molar-refractivity contribution in [3.63, 3.8) is 0 Å². The Morgan fingerprint density at radius 3 is 2.53 bits per heavy atom. The molecule has 1 heterocycles. The molecule has 30 heavy (non-hydrogen) atoms. The van der Waals surface area contributed by atoms with Gasteiger partial charge in [-0.1, -0.05) is 36.0 Å². The summed E-state index contributed by atoms with van der Waals surface area (Å²) in [6, 6.07) is 12.7. The van der Waals surface area contributed by atoms with Crippen molar-refractivity contribution < 1.29 is 29.3 Å². The Morgan fingerprint density at radius 2 is 1.87 bits per heavy atom. The van der Waals surface area contributed by atoms with Crippen molar-refractivity contribution in [3.05, 3.63) is 64.6 Å². The largest absolute Gasteiger partial charge is 0.507 e. The minimum absolute atomic E-state index is 0.0222. The van der Waals surface area contributed by atoms with Crippen LogP contribution in [-0.4, -0.2) is 43.9 Å². The van der Waals surface area contributed by atoms with Crippen molar-refractivity contribution in [2.45, 2.75) is 6.42 Å². The Hall–Kier alpha value is -3.37. The van der Waals surface area contributed by atoms with E-state index >= 15 is 0 Å². The van der Waals surface area contributed by atoms with Gasteiger partial charge >= 0.3 is 5.97 Å². The standard InChI is InChI=1S/C20H16N2O6S2/c23-15-4-2-1-3-14(15)18(26)21-22-19(27)16(30-20(22)29)11-12-5-7-13(8-6-12)28-10-9-17(24)25/h1-8,11,23H,9-10H2,(H,21,26)(H,24,25)/b16-11-. The number of phenols is 1. The number of aliphatic carboxylic acids is 1. The number of carbonyl (C=O) groups is 3. The predicted molar refractivity (Wildman–Crippen MR) is 115 cm³/mol. The van der Waals surface area contributed by atoms with Gasteiger partial charge in [-0.05, 0) is 48.1 Å². The minimum Gasteiger partial charge on any atom is -0.507 e. The summed E-state index contributed by atoms with van der Waals surface area (Å²) in [6.07, 6.45) is 1.52. The number of carboxylic acids is 1. The Kier molecular flexibility index (Phi) is 6.70. The lowest BCUT2D eigenvalue weighted by Gasteiger charge is -2.16. The molecule has 2 aromatic carbocycles. The van der Waals surface area contributed by atoms with Gasteiger partial charge in [0.1, 0.15) is 11.5 Å². The summed E-state index contributed by atoms with van der Waals surface area (Å²) in [5, 5.41) is 19.4. The van der Waals surface area contributed by atoms with Crippen LogP contribution in [0.5, 0.6) is 11.5 Å². The van der Waals surface area contributed by atoms with Gasteiger partial charge < -0.3 is 14.9 Å². The van der Waals surface area contributed by atoms with E-state index < -0.39 is 17.8 Å². The normalized spacial score (nSPS) is 14.8. The van der Waals surface area contributed by atoms with Gasteiger partial charge in [0, 0.05) is 0 Å². The third-order valence-corrected chi connectivity index (χ3v) is 5.22. The quantitative estimate of drug-likeness (QED) is 0.441. The van der Waals surface area contributed by atoms with E-state index in [4.69, 9.17) is 22.1 Å². The molecule has 0 aliphatic carbocycles. The molecule has 3 N–H and O–H groups in total. The lowest BCUT2D eigenvalue weighted by Crippen LogP contribution is -2.44. The van der Waals surface area contributed by atoms with Crippen LogP contribution in [0.25, 0.3) is 6.08 Å². The fraction of sp³-hybridized carbons (Fsp3) is 0.100. The molecule has 3 rings (SSSR count). The number of thiocarbonyl (C=S) groups is 1. The van der Waals surface area contributed by atoms with Crippen molar-refractivity contribution in [2.24, 2.45) is 0 Å². The molecule has 0 saturated carbocycles. The number of phenolic OH excluding ortho intramolecular Hbond substituents is 1. The monoisotopic (exact) mass is 444 g/mol. The first-order valence-electron chi connectivity index (χ1n) is 8.67. The van der Waals surface area contributed by atoms with Crippen LogP contribution in [-0.2, 0) is 9.59 Å². The van der Waals surface area contributed by atoms with E-state index in [1.54, 1.807) is 42.5 Å². The number of nitrogens with zero attached hydrogens (tertiary/aromatic N) is 1. The number of benzene rings is 2. The lowest BCUT2D eigenvalue weighted by atomic mass is 10.2. The van der Waals surface area contributed by atoms with E-state index in [0.29, 0.717) is 16.2 Å². The highest BCUT2D eigenvalue weighted by atomic mass is 32.2. The Labute approximate surface area is 181 Å². The predicted octanol–water partition coefficient (Wildman–Crippen LogP) is 2.79. The molecule has 8 nitrogen and oxygen atoms in total. The van der Waals surface area contributed by atoms with Crippen molar-refractivity contribution in [2.75, 3.05) is 6.61 Å². The molecule has 1 fully saturated rings. The molecular weight excluding hydrogens is 428 g/mol. The zero-order valence-electron chi connectivity index (χ0n) is 15.4. The molecule has 0 unspecified atom stereocenters. The second kappa shape index (κ2) is 9.42. The highest BCUT2D eigenvalue weighted by molar-refractivity contribution is 8.26. The molecule has 0 radical (unpaired) electrons. The fourth-order valence-corrected chi connectivity index (χ4v) is 3.64. The van der Waals surface area contributed by atoms with E-state index in [-0.39, 0.29) is 28.7 Å².